The van der Waals surface area contributed by atoms with Crippen LogP contribution in [0, 0.1) is 0 Å². The Balaban J connectivity index is 0.00000235. The van der Waals surface area contributed by atoms with E-state index in [-0.39, 0.29) is 23.2 Å². The fraction of sp³-hybridized carbons (Fsp3) is 0.257. The predicted molar refractivity (Wildman–Crippen MR) is 171 cm³/mol. The molecule has 240 valence electrons. The molecule has 1 aliphatic rings. The van der Waals surface area contributed by atoms with Crippen molar-refractivity contribution >= 4 is 29.2 Å². The minimum absolute atomic E-state index is 0.0242. The summed E-state index contributed by atoms with van der Waals surface area (Å²) in [5.41, 5.74) is 2.14. The molecule has 0 aliphatic carbocycles. The van der Waals surface area contributed by atoms with Crippen LogP contribution in [0.4, 0.5) is 24.5 Å². The summed E-state index contributed by atoms with van der Waals surface area (Å²) in [5, 5.41) is 14.8. The molecule has 3 N–H and O–H groups in total. The van der Waals surface area contributed by atoms with E-state index in [2.05, 4.69) is 20.5 Å². The lowest BCUT2D eigenvalue weighted by Gasteiger charge is -2.29. The van der Waals surface area contributed by atoms with Gasteiger partial charge in [0.25, 0.3) is 11.8 Å². The maximum Gasteiger partial charge on any atom is 0.416 e. The monoisotopic (exact) mass is 632 g/mol. The van der Waals surface area contributed by atoms with Crippen molar-refractivity contribution in [1.82, 2.24) is 10.3 Å². The molecular formula is C35H35F3N4O4. The Morgan fingerprint density at radius 3 is 2.24 bits per heavy atom. The van der Waals surface area contributed by atoms with E-state index >= 15 is 0 Å². The second-order valence-corrected chi connectivity index (χ2v) is 10.4. The summed E-state index contributed by atoms with van der Waals surface area (Å²) in [6, 6.07) is 19.0. The van der Waals surface area contributed by atoms with E-state index in [9.17, 15) is 32.7 Å². The van der Waals surface area contributed by atoms with Crippen molar-refractivity contribution in [1.29, 1.82) is 0 Å². The quantitative estimate of drug-likeness (QED) is 0.184. The number of amides is 2. The summed E-state index contributed by atoms with van der Waals surface area (Å²) in [7, 11) is 0. The van der Waals surface area contributed by atoms with Crippen LogP contribution >= 0.6 is 0 Å². The van der Waals surface area contributed by atoms with Gasteiger partial charge in [-0.25, -0.2) is 4.79 Å². The molecule has 5 rings (SSSR count). The number of carbonyl (C=O) groups excluding carboxylic acids is 2. The Labute approximate surface area is 265 Å². The van der Waals surface area contributed by atoms with Crippen molar-refractivity contribution in [2.24, 2.45) is 0 Å². The van der Waals surface area contributed by atoms with E-state index in [1.54, 1.807) is 12.1 Å². The fourth-order valence-electron chi connectivity index (χ4n) is 5.05. The highest BCUT2D eigenvalue weighted by Gasteiger charge is 2.30. The number of pyridine rings is 1. The number of hydrogen-bond donors (Lipinski definition) is 3. The van der Waals surface area contributed by atoms with Gasteiger partial charge in [-0.1, -0.05) is 32.0 Å². The molecule has 3 aromatic carbocycles. The third-order valence-electron chi connectivity index (χ3n) is 7.35. The second-order valence-electron chi connectivity index (χ2n) is 10.4. The normalized spacial score (nSPS) is 12.8. The van der Waals surface area contributed by atoms with Gasteiger partial charge in [-0.3, -0.25) is 14.6 Å². The van der Waals surface area contributed by atoms with E-state index in [0.29, 0.717) is 22.5 Å². The van der Waals surface area contributed by atoms with Crippen LogP contribution < -0.4 is 15.5 Å². The Morgan fingerprint density at radius 2 is 1.52 bits per heavy atom. The summed E-state index contributed by atoms with van der Waals surface area (Å²) in [6.45, 7) is 5.64. The summed E-state index contributed by atoms with van der Waals surface area (Å²) < 4.78 is 39.3. The van der Waals surface area contributed by atoms with Gasteiger partial charge in [-0.05, 0) is 85.5 Å². The molecule has 0 unspecified atom stereocenters. The molecule has 1 aliphatic heterocycles. The zero-order valence-corrected chi connectivity index (χ0v) is 25.5. The first-order valence-electron chi connectivity index (χ1n) is 15.0. The number of halogens is 3. The Hall–Kier alpha value is -5.19. The summed E-state index contributed by atoms with van der Waals surface area (Å²) in [5.74, 6) is -2.18. The van der Waals surface area contributed by atoms with Crippen molar-refractivity contribution in [3.63, 3.8) is 0 Å². The molecule has 0 radical (unpaired) electrons. The van der Waals surface area contributed by atoms with Gasteiger partial charge in [0.05, 0.1) is 22.5 Å². The number of nitrogens with one attached hydrogen (secondary N) is 2. The summed E-state index contributed by atoms with van der Waals surface area (Å²) >= 11 is 0. The Bertz CT molecular complexity index is 1700. The number of alkyl halides is 3. The average Bonchev–Trinajstić information content (AvgIpc) is 3.08. The molecule has 11 heteroatoms. The number of nitrogens with zero attached hydrogens (tertiary/aromatic N) is 2. The number of rotatable bonds is 8. The van der Waals surface area contributed by atoms with Crippen molar-refractivity contribution in [3.05, 3.63) is 113 Å². The fourth-order valence-corrected chi connectivity index (χ4v) is 5.05. The van der Waals surface area contributed by atoms with Crippen LogP contribution in [0.25, 0.3) is 11.3 Å². The molecular weight excluding hydrogens is 597 g/mol. The molecule has 2 heterocycles. The molecule has 0 atom stereocenters. The molecule has 1 aromatic heterocycles. The van der Waals surface area contributed by atoms with Gasteiger partial charge in [0.2, 0.25) is 0 Å². The van der Waals surface area contributed by atoms with Crippen molar-refractivity contribution in [2.45, 2.75) is 45.8 Å². The smallest absolute Gasteiger partial charge is 0.416 e. The van der Waals surface area contributed by atoms with Crippen LogP contribution in [0.1, 0.15) is 75.3 Å². The number of aromatic carboxylic acids is 1. The minimum Gasteiger partial charge on any atom is -0.478 e. The predicted octanol–water partition coefficient (Wildman–Crippen LogP) is 7.66. The summed E-state index contributed by atoms with van der Waals surface area (Å²) in [6.07, 6.45) is 0.201. The first-order chi connectivity index (χ1) is 22.1. The number of piperidine rings is 1. The minimum atomic E-state index is -4.49. The summed E-state index contributed by atoms with van der Waals surface area (Å²) in [4.78, 5) is 44.3. The van der Waals surface area contributed by atoms with Gasteiger partial charge < -0.3 is 20.6 Å². The van der Waals surface area contributed by atoms with Crippen LogP contribution in [0.2, 0.25) is 0 Å². The van der Waals surface area contributed by atoms with Crippen LogP contribution in [0.3, 0.4) is 0 Å². The average molecular weight is 633 g/mol. The molecule has 1 fully saturated rings. The molecule has 46 heavy (non-hydrogen) atoms. The topological polar surface area (TPSA) is 112 Å². The van der Waals surface area contributed by atoms with E-state index < -0.39 is 29.5 Å². The Morgan fingerprint density at radius 1 is 0.826 bits per heavy atom. The Kier molecular flexibility index (Phi) is 11.1. The number of carboxylic acids is 1. The third-order valence-corrected chi connectivity index (χ3v) is 7.35. The van der Waals surface area contributed by atoms with Crippen molar-refractivity contribution < 1.29 is 32.7 Å². The maximum absolute atomic E-state index is 13.2. The van der Waals surface area contributed by atoms with Gasteiger partial charge in [0, 0.05) is 48.2 Å². The van der Waals surface area contributed by atoms with Gasteiger partial charge in [0.15, 0.2) is 0 Å². The molecule has 0 spiro atoms. The molecule has 0 saturated carbocycles. The van der Waals surface area contributed by atoms with Crippen LogP contribution in [0.15, 0.2) is 85.1 Å². The highest BCUT2D eigenvalue weighted by molar-refractivity contribution is 6.07. The zero-order valence-electron chi connectivity index (χ0n) is 25.5. The van der Waals surface area contributed by atoms with Crippen LogP contribution in [-0.2, 0) is 12.7 Å². The maximum atomic E-state index is 13.2. The van der Waals surface area contributed by atoms with Gasteiger partial charge >= 0.3 is 12.1 Å². The molecule has 1 saturated heterocycles. The number of carboxylic acid groups (broad SMARTS) is 1. The molecule has 0 bridgehead atoms. The van der Waals surface area contributed by atoms with Crippen LogP contribution in [-0.4, -0.2) is 41.0 Å². The number of benzene rings is 3. The van der Waals surface area contributed by atoms with Gasteiger partial charge in [-0.15, -0.1) is 0 Å². The second kappa shape index (κ2) is 15.2. The largest absolute Gasteiger partial charge is 0.478 e. The first kappa shape index (κ1) is 33.7. The highest BCUT2D eigenvalue weighted by atomic mass is 19.4. The van der Waals surface area contributed by atoms with Gasteiger partial charge in [-0.2, -0.15) is 13.2 Å². The zero-order chi connectivity index (χ0) is 33.3. The molecule has 4 aromatic rings. The van der Waals surface area contributed by atoms with E-state index in [4.69, 9.17) is 0 Å². The number of hydrogen-bond acceptors (Lipinski definition) is 5. The molecule has 2 amide bonds. The lowest BCUT2D eigenvalue weighted by atomic mass is 10.0. The van der Waals surface area contributed by atoms with Crippen LogP contribution in [0.5, 0.6) is 0 Å². The van der Waals surface area contributed by atoms with E-state index in [1.807, 2.05) is 26.0 Å². The number of anilines is 2. The number of carbonyl (C=O) groups is 3. The van der Waals surface area contributed by atoms with Crippen molar-refractivity contribution in [3.8, 4) is 11.3 Å². The first-order valence-corrected chi connectivity index (χ1v) is 15.0. The van der Waals surface area contributed by atoms with Gasteiger partial charge in [0.1, 0.15) is 0 Å². The standard InChI is InChI=1S/C33H29F3N4O4.C2H6/c34-33(35,36)25-9-4-6-21(16-25)20-38-30(41)23-12-13-37-29(18-23)27-19-26(40-14-2-1-3-15-40)10-11-28(27)39-31(42)22-7-5-8-24(17-22)32(43)44;1-2/h4-13,16-19H,1-3,14-15,20H2,(H,38,41)(H,39,42)(H,43,44);1-2H3. The number of aromatic nitrogens is 1. The SMILES string of the molecule is CC.O=C(O)c1cccc(C(=O)Nc2ccc(N3CCCCC3)cc2-c2cc(C(=O)NCc3cccc(C(F)(F)F)c3)ccn2)c1. The van der Waals surface area contributed by atoms with E-state index in [0.717, 1.165) is 50.2 Å². The lowest BCUT2D eigenvalue weighted by Crippen LogP contribution is -2.29. The van der Waals surface area contributed by atoms with E-state index in [1.165, 1.54) is 48.7 Å². The lowest BCUT2D eigenvalue weighted by molar-refractivity contribution is -0.137. The van der Waals surface area contributed by atoms with Crippen molar-refractivity contribution in [2.75, 3.05) is 23.3 Å². The highest BCUT2D eigenvalue weighted by Crippen LogP contribution is 2.33. The molecule has 8 nitrogen and oxygen atoms in total. The third kappa shape index (κ3) is 8.50.